The zero-order valence-corrected chi connectivity index (χ0v) is 21.7. The maximum Gasteiger partial charge on any atom is 0.258 e. The zero-order valence-electron chi connectivity index (χ0n) is 21.0. The molecule has 192 valence electrons. The molecule has 1 aliphatic carbocycles. The van der Waals surface area contributed by atoms with Gasteiger partial charge in [0.05, 0.1) is 35.1 Å². The standard InChI is InChI=1S/C26H31ClFN5O3/c1-5-8-33(16(4)34)18-10-19(11-18)36-23-9-17(28)6-7-20(23)26(35)32-12-21(22(29)13-32)25-30-14(2)24(27)15(3)31-25/h6-7,9,18-19,29-30H,5,8,10-13H2,1-4H3/b25-21+,29-22?. The van der Waals surface area contributed by atoms with E-state index in [9.17, 15) is 14.0 Å². The average molecular weight is 516 g/mol. The fourth-order valence-corrected chi connectivity index (χ4v) is 4.82. The zero-order chi connectivity index (χ0) is 26.1. The highest BCUT2D eigenvalue weighted by Gasteiger charge is 2.37. The van der Waals surface area contributed by atoms with E-state index in [0.717, 1.165) is 12.1 Å². The van der Waals surface area contributed by atoms with Crippen LogP contribution in [0.2, 0.25) is 0 Å². The molecule has 4 rings (SSSR count). The Morgan fingerprint density at radius 2 is 2.03 bits per heavy atom. The number of carbonyl (C=O) groups is 2. The van der Waals surface area contributed by atoms with Gasteiger partial charge in [-0.25, -0.2) is 9.38 Å². The van der Waals surface area contributed by atoms with Crippen molar-refractivity contribution in [3.63, 3.8) is 0 Å². The molecule has 10 heteroatoms. The van der Waals surface area contributed by atoms with Crippen LogP contribution in [0.4, 0.5) is 4.39 Å². The third kappa shape index (κ3) is 5.16. The fourth-order valence-electron chi connectivity index (χ4n) is 4.73. The highest BCUT2D eigenvalue weighted by atomic mass is 35.5. The van der Waals surface area contributed by atoms with Crippen molar-refractivity contribution in [2.45, 2.75) is 59.1 Å². The smallest absolute Gasteiger partial charge is 0.258 e. The normalized spacial score (nSPS) is 23.8. The van der Waals surface area contributed by atoms with E-state index in [2.05, 4.69) is 10.3 Å². The van der Waals surface area contributed by atoms with Crippen molar-refractivity contribution in [1.82, 2.24) is 15.1 Å². The SMILES string of the molecule is CCCN(C(C)=O)C1CC(Oc2cc(F)ccc2C(=O)N2CC(=N)/C(=C3/N=C(C)C(Cl)=C(C)N3)C2)C1. The van der Waals surface area contributed by atoms with E-state index in [1.165, 1.54) is 23.1 Å². The van der Waals surface area contributed by atoms with E-state index < -0.39 is 5.82 Å². The Bertz CT molecular complexity index is 1200. The van der Waals surface area contributed by atoms with E-state index in [0.29, 0.717) is 41.5 Å². The highest BCUT2D eigenvalue weighted by Crippen LogP contribution is 2.33. The van der Waals surface area contributed by atoms with Crippen molar-refractivity contribution in [3.05, 3.63) is 51.7 Å². The number of amides is 2. The van der Waals surface area contributed by atoms with Crippen LogP contribution in [0.25, 0.3) is 0 Å². The number of carbonyl (C=O) groups excluding carboxylic acids is 2. The summed E-state index contributed by atoms with van der Waals surface area (Å²) < 4.78 is 20.2. The number of allylic oxidation sites excluding steroid dienone is 2. The van der Waals surface area contributed by atoms with Crippen LogP contribution < -0.4 is 10.1 Å². The lowest BCUT2D eigenvalue weighted by atomic mass is 9.87. The van der Waals surface area contributed by atoms with Crippen LogP contribution in [0.1, 0.15) is 57.3 Å². The summed E-state index contributed by atoms with van der Waals surface area (Å²) in [6, 6.07) is 3.97. The molecular formula is C26H31ClFN5O3. The van der Waals surface area contributed by atoms with Gasteiger partial charge in [-0.3, -0.25) is 9.59 Å². The molecule has 36 heavy (non-hydrogen) atoms. The van der Waals surface area contributed by atoms with Crippen molar-refractivity contribution >= 4 is 34.8 Å². The molecule has 2 heterocycles. The molecule has 2 N–H and O–H groups in total. The van der Waals surface area contributed by atoms with Gasteiger partial charge in [0.1, 0.15) is 23.5 Å². The molecule has 1 aromatic rings. The molecule has 0 bridgehead atoms. The Kier molecular flexibility index (Phi) is 7.49. The number of hydrogen-bond acceptors (Lipinski definition) is 6. The molecule has 1 saturated carbocycles. The molecule has 0 radical (unpaired) electrons. The lowest BCUT2D eigenvalue weighted by molar-refractivity contribution is -0.135. The number of nitrogens with one attached hydrogen (secondary N) is 2. The first-order valence-corrected chi connectivity index (χ1v) is 12.5. The van der Waals surface area contributed by atoms with Gasteiger partial charge in [-0.1, -0.05) is 18.5 Å². The molecule has 3 aliphatic rings. The predicted molar refractivity (Wildman–Crippen MR) is 137 cm³/mol. The van der Waals surface area contributed by atoms with E-state index in [1.807, 2.05) is 18.7 Å². The monoisotopic (exact) mass is 515 g/mol. The maximum atomic E-state index is 14.1. The molecule has 8 nitrogen and oxygen atoms in total. The van der Waals surface area contributed by atoms with Crippen molar-refractivity contribution in [3.8, 4) is 5.75 Å². The Morgan fingerprint density at radius 3 is 2.67 bits per heavy atom. The van der Waals surface area contributed by atoms with Gasteiger partial charge in [0, 0.05) is 49.7 Å². The minimum absolute atomic E-state index is 0.0308. The largest absolute Gasteiger partial charge is 0.489 e. The quantitative estimate of drug-likeness (QED) is 0.592. The summed E-state index contributed by atoms with van der Waals surface area (Å²) in [5.74, 6) is -0.132. The van der Waals surface area contributed by atoms with E-state index in [4.69, 9.17) is 21.7 Å². The molecule has 1 aromatic carbocycles. The molecule has 1 saturated heterocycles. The van der Waals surface area contributed by atoms with Crippen LogP contribution >= 0.6 is 11.6 Å². The first-order valence-electron chi connectivity index (χ1n) is 12.1. The molecule has 0 spiro atoms. The van der Waals surface area contributed by atoms with Gasteiger partial charge in [-0.05, 0) is 32.4 Å². The van der Waals surface area contributed by atoms with Crippen molar-refractivity contribution in [2.75, 3.05) is 19.6 Å². The minimum atomic E-state index is -0.499. The van der Waals surface area contributed by atoms with Gasteiger partial charge in [0.15, 0.2) is 0 Å². The van der Waals surface area contributed by atoms with Crippen molar-refractivity contribution < 1.29 is 18.7 Å². The van der Waals surface area contributed by atoms with E-state index in [-0.39, 0.29) is 54.1 Å². The maximum absolute atomic E-state index is 14.1. The molecule has 2 amide bonds. The molecule has 2 aliphatic heterocycles. The number of benzene rings is 1. The Labute approximate surface area is 215 Å². The molecule has 0 unspecified atom stereocenters. The second-order valence-electron chi connectivity index (χ2n) is 9.45. The second-order valence-corrected chi connectivity index (χ2v) is 9.82. The van der Waals surface area contributed by atoms with Gasteiger partial charge in [0.2, 0.25) is 5.91 Å². The number of halogens is 2. The summed E-state index contributed by atoms with van der Waals surface area (Å²) in [4.78, 5) is 33.2. The van der Waals surface area contributed by atoms with Crippen LogP contribution in [0.5, 0.6) is 5.75 Å². The Morgan fingerprint density at radius 1 is 1.31 bits per heavy atom. The number of aliphatic imine (C=N–C) groups is 1. The van der Waals surface area contributed by atoms with Crippen molar-refractivity contribution in [2.24, 2.45) is 4.99 Å². The topological polar surface area (TPSA) is 98.1 Å². The van der Waals surface area contributed by atoms with Crippen molar-refractivity contribution in [1.29, 1.82) is 5.41 Å². The van der Waals surface area contributed by atoms with Crippen LogP contribution in [0, 0.1) is 11.2 Å². The average Bonchev–Trinajstić information content (AvgIpc) is 3.19. The van der Waals surface area contributed by atoms with Crippen LogP contribution in [-0.2, 0) is 4.79 Å². The van der Waals surface area contributed by atoms with Gasteiger partial charge in [-0.2, -0.15) is 0 Å². The lowest BCUT2D eigenvalue weighted by Gasteiger charge is -2.42. The molecular weight excluding hydrogens is 485 g/mol. The van der Waals surface area contributed by atoms with E-state index in [1.54, 1.807) is 13.8 Å². The summed E-state index contributed by atoms with van der Waals surface area (Å²) in [6.07, 6.45) is 1.93. The molecule has 0 atom stereocenters. The molecule has 2 fully saturated rings. The minimum Gasteiger partial charge on any atom is -0.489 e. The second kappa shape index (κ2) is 10.4. The first kappa shape index (κ1) is 25.9. The summed E-state index contributed by atoms with van der Waals surface area (Å²) >= 11 is 6.21. The Balaban J connectivity index is 1.49. The third-order valence-corrected chi connectivity index (χ3v) is 7.27. The highest BCUT2D eigenvalue weighted by molar-refractivity contribution is 6.43. The summed E-state index contributed by atoms with van der Waals surface area (Å²) in [6.45, 7) is 8.19. The van der Waals surface area contributed by atoms with Crippen LogP contribution in [0.3, 0.4) is 0 Å². The summed E-state index contributed by atoms with van der Waals surface area (Å²) in [5.41, 5.74) is 2.51. The van der Waals surface area contributed by atoms with Gasteiger partial charge in [0.25, 0.3) is 5.91 Å². The number of hydrogen-bond donors (Lipinski definition) is 2. The number of likely N-dealkylation sites (tertiary alicyclic amines) is 1. The third-order valence-electron chi connectivity index (χ3n) is 6.71. The lowest BCUT2D eigenvalue weighted by Crippen LogP contribution is -2.51. The molecule has 0 aromatic heterocycles. The van der Waals surface area contributed by atoms with Gasteiger partial charge in [-0.15, -0.1) is 0 Å². The first-order chi connectivity index (χ1) is 17.1. The number of ether oxygens (including phenoxy) is 1. The number of rotatable bonds is 6. The fraction of sp³-hybridized carbons (Fsp3) is 0.462. The Hall–Kier alpha value is -3.20. The van der Waals surface area contributed by atoms with Gasteiger partial charge >= 0.3 is 0 Å². The number of nitrogens with zero attached hydrogens (tertiary/aromatic N) is 3. The van der Waals surface area contributed by atoms with Crippen LogP contribution in [-0.4, -0.2) is 64.8 Å². The predicted octanol–water partition coefficient (Wildman–Crippen LogP) is 4.22. The van der Waals surface area contributed by atoms with Crippen LogP contribution in [0.15, 0.2) is 45.3 Å². The van der Waals surface area contributed by atoms with Gasteiger partial charge < -0.3 is 25.3 Å². The summed E-state index contributed by atoms with van der Waals surface area (Å²) in [5, 5.41) is 12.1. The summed E-state index contributed by atoms with van der Waals surface area (Å²) in [7, 11) is 0. The van der Waals surface area contributed by atoms with E-state index >= 15 is 0 Å².